The van der Waals surface area contributed by atoms with E-state index in [1.165, 1.54) is 0 Å². The largest absolute Gasteiger partial charge is 0.390 e. The highest BCUT2D eigenvalue weighted by molar-refractivity contribution is 5.94. The SMILES string of the molecule is N#CCC[C@@H](O)[C@H](O)CC(NC(=O)c1ccccc1)c1cc(F)cc(F)c1. The molecule has 0 aliphatic heterocycles. The summed E-state index contributed by atoms with van der Waals surface area (Å²) in [5.74, 6) is -2.11. The molecule has 0 aromatic heterocycles. The third kappa shape index (κ3) is 6.13. The number of hydrogen-bond acceptors (Lipinski definition) is 4. The van der Waals surface area contributed by atoms with Gasteiger partial charge in [-0.25, -0.2) is 8.78 Å². The molecule has 0 bridgehead atoms. The average Bonchev–Trinajstić information content (AvgIpc) is 2.65. The van der Waals surface area contributed by atoms with Crippen molar-refractivity contribution in [2.45, 2.75) is 37.5 Å². The lowest BCUT2D eigenvalue weighted by Gasteiger charge is -2.25. The molecular formula is C20H20F2N2O3. The van der Waals surface area contributed by atoms with Gasteiger partial charge in [0.25, 0.3) is 5.91 Å². The Morgan fingerprint density at radius 1 is 1.07 bits per heavy atom. The van der Waals surface area contributed by atoms with Crippen LogP contribution >= 0.6 is 0 Å². The van der Waals surface area contributed by atoms with Crippen molar-refractivity contribution in [3.05, 3.63) is 71.3 Å². The second-order valence-electron chi connectivity index (χ2n) is 6.16. The molecule has 2 rings (SSSR count). The van der Waals surface area contributed by atoms with Crippen molar-refractivity contribution in [2.24, 2.45) is 0 Å². The molecule has 5 nitrogen and oxygen atoms in total. The fourth-order valence-corrected chi connectivity index (χ4v) is 2.69. The number of carbonyl (C=O) groups excluding carboxylic acids is 1. The van der Waals surface area contributed by atoms with Crippen molar-refractivity contribution in [1.82, 2.24) is 5.32 Å². The number of benzene rings is 2. The molecule has 0 radical (unpaired) electrons. The fraction of sp³-hybridized carbons (Fsp3) is 0.300. The van der Waals surface area contributed by atoms with E-state index in [4.69, 9.17) is 5.26 Å². The molecule has 0 heterocycles. The van der Waals surface area contributed by atoms with Gasteiger partial charge in [-0.3, -0.25) is 4.79 Å². The van der Waals surface area contributed by atoms with E-state index in [9.17, 15) is 23.8 Å². The number of carbonyl (C=O) groups is 1. The first-order valence-corrected chi connectivity index (χ1v) is 8.45. The number of hydrogen-bond donors (Lipinski definition) is 3. The van der Waals surface area contributed by atoms with E-state index in [0.29, 0.717) is 11.6 Å². The van der Waals surface area contributed by atoms with Crippen LogP contribution in [-0.4, -0.2) is 28.3 Å². The number of nitriles is 1. The summed E-state index contributed by atoms with van der Waals surface area (Å²) < 4.78 is 27.2. The van der Waals surface area contributed by atoms with Crippen molar-refractivity contribution < 1.29 is 23.8 Å². The molecule has 0 saturated carbocycles. The van der Waals surface area contributed by atoms with Gasteiger partial charge in [0, 0.05) is 24.5 Å². The van der Waals surface area contributed by atoms with E-state index in [1.54, 1.807) is 30.3 Å². The van der Waals surface area contributed by atoms with Gasteiger partial charge in [0.2, 0.25) is 0 Å². The Balaban J connectivity index is 2.22. The van der Waals surface area contributed by atoms with E-state index in [-0.39, 0.29) is 24.8 Å². The zero-order chi connectivity index (χ0) is 19.8. The Hall–Kier alpha value is -2.82. The number of nitrogens with one attached hydrogen (secondary N) is 1. The van der Waals surface area contributed by atoms with Crippen LogP contribution in [0.25, 0.3) is 0 Å². The lowest BCUT2D eigenvalue weighted by atomic mass is 9.95. The van der Waals surface area contributed by atoms with Crippen molar-refractivity contribution in [2.75, 3.05) is 0 Å². The molecule has 0 saturated heterocycles. The van der Waals surface area contributed by atoms with Crippen LogP contribution in [0.5, 0.6) is 0 Å². The molecule has 2 aromatic rings. The summed E-state index contributed by atoms with van der Waals surface area (Å²) in [4.78, 5) is 12.4. The molecule has 7 heteroatoms. The lowest BCUT2D eigenvalue weighted by molar-refractivity contribution is 0.00487. The second kappa shape index (κ2) is 9.76. The minimum atomic E-state index is -1.29. The maximum absolute atomic E-state index is 13.6. The number of amides is 1. The minimum absolute atomic E-state index is 0.0495. The van der Waals surface area contributed by atoms with Crippen molar-refractivity contribution >= 4 is 5.91 Å². The highest BCUT2D eigenvalue weighted by Gasteiger charge is 2.25. The summed E-state index contributed by atoms with van der Waals surface area (Å²) in [5, 5.41) is 31.4. The smallest absolute Gasteiger partial charge is 0.251 e. The van der Waals surface area contributed by atoms with Gasteiger partial charge in [-0.2, -0.15) is 5.26 Å². The third-order valence-corrected chi connectivity index (χ3v) is 4.10. The quantitative estimate of drug-likeness (QED) is 0.662. The maximum atomic E-state index is 13.6. The molecule has 3 atom stereocenters. The fourth-order valence-electron chi connectivity index (χ4n) is 2.69. The number of aliphatic hydroxyl groups is 2. The van der Waals surface area contributed by atoms with Crippen LogP contribution < -0.4 is 5.32 Å². The first-order valence-electron chi connectivity index (χ1n) is 8.45. The predicted molar refractivity (Wildman–Crippen MR) is 94.5 cm³/mol. The number of halogens is 2. The van der Waals surface area contributed by atoms with Gasteiger partial charge < -0.3 is 15.5 Å². The van der Waals surface area contributed by atoms with Gasteiger partial charge in [-0.15, -0.1) is 0 Å². The molecule has 0 aliphatic carbocycles. The van der Waals surface area contributed by atoms with Crippen LogP contribution in [0.2, 0.25) is 0 Å². The zero-order valence-corrected chi connectivity index (χ0v) is 14.5. The van der Waals surface area contributed by atoms with Crippen molar-refractivity contribution in [3.8, 4) is 6.07 Å². The molecule has 0 fully saturated rings. The molecule has 3 N–H and O–H groups in total. The first kappa shape index (κ1) is 20.5. The van der Waals surface area contributed by atoms with Gasteiger partial charge in [0.1, 0.15) is 11.6 Å². The normalized spacial score (nSPS) is 14.0. The molecule has 0 spiro atoms. The highest BCUT2D eigenvalue weighted by atomic mass is 19.1. The van der Waals surface area contributed by atoms with Gasteiger partial charge >= 0.3 is 0 Å². The van der Waals surface area contributed by atoms with E-state index < -0.39 is 35.8 Å². The molecular weight excluding hydrogens is 354 g/mol. The van der Waals surface area contributed by atoms with Crippen LogP contribution in [0.15, 0.2) is 48.5 Å². The Labute approximate surface area is 155 Å². The molecule has 2 aromatic carbocycles. The van der Waals surface area contributed by atoms with Crippen LogP contribution in [0, 0.1) is 23.0 Å². The lowest BCUT2D eigenvalue weighted by Crippen LogP contribution is -2.35. The number of rotatable bonds is 8. The molecule has 0 aliphatic rings. The summed E-state index contributed by atoms with van der Waals surface area (Å²) >= 11 is 0. The average molecular weight is 374 g/mol. The Morgan fingerprint density at radius 2 is 1.70 bits per heavy atom. The summed E-state index contributed by atoms with van der Waals surface area (Å²) in [6.07, 6.45) is -2.55. The van der Waals surface area contributed by atoms with E-state index in [2.05, 4.69) is 5.32 Å². The standard InChI is InChI=1S/C20H20F2N2O3/c21-15-9-14(10-16(22)11-15)17(12-19(26)18(25)7-4-8-23)24-20(27)13-5-2-1-3-6-13/h1-3,5-6,9-11,17-19,25-26H,4,7,12H2,(H,24,27)/t17?,18-,19-/m1/s1. The van der Waals surface area contributed by atoms with Gasteiger partial charge in [-0.05, 0) is 36.2 Å². The molecule has 1 amide bonds. The van der Waals surface area contributed by atoms with Gasteiger partial charge in [0.05, 0.1) is 24.3 Å². The summed E-state index contributed by atoms with van der Waals surface area (Å²) in [6, 6.07) is 12.0. The summed E-state index contributed by atoms with van der Waals surface area (Å²) in [5.41, 5.74) is 0.474. The summed E-state index contributed by atoms with van der Waals surface area (Å²) in [7, 11) is 0. The Morgan fingerprint density at radius 3 is 2.30 bits per heavy atom. The first-order chi connectivity index (χ1) is 12.9. The monoisotopic (exact) mass is 374 g/mol. The molecule has 27 heavy (non-hydrogen) atoms. The van der Waals surface area contributed by atoms with Crippen LogP contribution in [0.4, 0.5) is 8.78 Å². The van der Waals surface area contributed by atoms with Crippen LogP contribution in [0.3, 0.4) is 0 Å². The van der Waals surface area contributed by atoms with E-state index in [1.807, 2.05) is 6.07 Å². The van der Waals surface area contributed by atoms with Crippen LogP contribution in [-0.2, 0) is 0 Å². The maximum Gasteiger partial charge on any atom is 0.251 e. The van der Waals surface area contributed by atoms with Gasteiger partial charge in [-0.1, -0.05) is 18.2 Å². The van der Waals surface area contributed by atoms with Gasteiger partial charge in [0.15, 0.2) is 0 Å². The Kier molecular flexibility index (Phi) is 7.41. The van der Waals surface area contributed by atoms with Crippen molar-refractivity contribution in [1.29, 1.82) is 5.26 Å². The van der Waals surface area contributed by atoms with Crippen LogP contribution in [0.1, 0.15) is 41.2 Å². The highest BCUT2D eigenvalue weighted by Crippen LogP contribution is 2.23. The topological polar surface area (TPSA) is 93.3 Å². The van der Waals surface area contributed by atoms with E-state index >= 15 is 0 Å². The molecule has 142 valence electrons. The number of nitrogens with zero attached hydrogens (tertiary/aromatic N) is 1. The van der Waals surface area contributed by atoms with Crippen molar-refractivity contribution in [3.63, 3.8) is 0 Å². The predicted octanol–water partition coefficient (Wildman–Crippen LogP) is 2.85. The number of aliphatic hydroxyl groups excluding tert-OH is 2. The van der Waals surface area contributed by atoms with E-state index in [0.717, 1.165) is 12.1 Å². The third-order valence-electron chi connectivity index (χ3n) is 4.10. The Bertz CT molecular complexity index is 788. The minimum Gasteiger partial charge on any atom is -0.390 e. The zero-order valence-electron chi connectivity index (χ0n) is 14.5. The summed E-state index contributed by atoms with van der Waals surface area (Å²) in [6.45, 7) is 0. The molecule has 1 unspecified atom stereocenters. The second-order valence-corrected chi connectivity index (χ2v) is 6.16.